The predicted molar refractivity (Wildman–Crippen MR) is 87.6 cm³/mol. The first-order chi connectivity index (χ1) is 10.6. The Bertz CT molecular complexity index is 610. The molecule has 1 saturated heterocycles. The fourth-order valence-electron chi connectivity index (χ4n) is 3.24. The Labute approximate surface area is 133 Å². The number of rotatable bonds is 6. The second-order valence-corrected chi connectivity index (χ2v) is 7.89. The monoisotopic (exact) mass is 323 g/mol. The number of aryl methyl sites for hydroxylation is 2. The van der Waals surface area contributed by atoms with E-state index in [1.54, 1.807) is 6.07 Å². The van der Waals surface area contributed by atoms with Crippen molar-refractivity contribution in [2.75, 3.05) is 39.3 Å². The Morgan fingerprint density at radius 3 is 2.73 bits per heavy atom. The highest BCUT2D eigenvalue weighted by Crippen LogP contribution is 2.24. The molecule has 0 atom stereocenters. The number of hydrogen-bond donors (Lipinski definition) is 2. The van der Waals surface area contributed by atoms with Crippen molar-refractivity contribution in [1.82, 2.24) is 14.9 Å². The Morgan fingerprint density at radius 1 is 1.14 bits per heavy atom. The lowest BCUT2D eigenvalue weighted by Crippen LogP contribution is -2.44. The molecule has 1 aliphatic heterocycles. The summed E-state index contributed by atoms with van der Waals surface area (Å²) in [5.41, 5.74) is 2.50. The first kappa shape index (κ1) is 15.9. The van der Waals surface area contributed by atoms with Crippen LogP contribution >= 0.6 is 0 Å². The van der Waals surface area contributed by atoms with Gasteiger partial charge in [-0.25, -0.2) is 13.1 Å². The van der Waals surface area contributed by atoms with Crippen LogP contribution < -0.4 is 10.0 Å². The maximum Gasteiger partial charge on any atom is 0.240 e. The van der Waals surface area contributed by atoms with Crippen molar-refractivity contribution in [3.63, 3.8) is 0 Å². The van der Waals surface area contributed by atoms with Crippen molar-refractivity contribution in [3.8, 4) is 0 Å². The molecule has 1 heterocycles. The number of benzene rings is 1. The molecule has 1 fully saturated rings. The molecular weight excluding hydrogens is 298 g/mol. The molecule has 3 rings (SSSR count). The average molecular weight is 323 g/mol. The minimum absolute atomic E-state index is 0.412. The van der Waals surface area contributed by atoms with E-state index in [-0.39, 0.29) is 0 Å². The Morgan fingerprint density at radius 2 is 1.91 bits per heavy atom. The van der Waals surface area contributed by atoms with E-state index in [4.69, 9.17) is 0 Å². The van der Waals surface area contributed by atoms with Crippen LogP contribution in [0.5, 0.6) is 0 Å². The minimum Gasteiger partial charge on any atom is -0.314 e. The molecule has 122 valence electrons. The lowest BCUT2D eigenvalue weighted by molar-refractivity contribution is 0.239. The summed E-state index contributed by atoms with van der Waals surface area (Å²) >= 11 is 0. The number of piperazine rings is 1. The largest absolute Gasteiger partial charge is 0.314 e. The third-order valence-electron chi connectivity index (χ3n) is 4.53. The normalized spacial score (nSPS) is 19.3. The van der Waals surface area contributed by atoms with Gasteiger partial charge in [0.2, 0.25) is 10.0 Å². The lowest BCUT2D eigenvalue weighted by Gasteiger charge is -2.27. The van der Waals surface area contributed by atoms with Crippen molar-refractivity contribution in [2.24, 2.45) is 0 Å². The number of sulfonamides is 1. The maximum atomic E-state index is 12.3. The zero-order valence-corrected chi connectivity index (χ0v) is 13.8. The van der Waals surface area contributed by atoms with Crippen LogP contribution in [0, 0.1) is 0 Å². The summed E-state index contributed by atoms with van der Waals surface area (Å²) in [5, 5.41) is 3.32. The SMILES string of the molecule is O=S(=O)(NCCCN1CCNCC1)c1ccc2c(c1)CCC2. The molecular formula is C16H25N3O2S. The molecule has 0 unspecified atom stereocenters. The van der Waals surface area contributed by atoms with Crippen LogP contribution in [0.1, 0.15) is 24.0 Å². The Balaban J connectivity index is 1.50. The molecule has 2 aliphatic rings. The molecule has 22 heavy (non-hydrogen) atoms. The molecule has 0 radical (unpaired) electrons. The number of nitrogens with one attached hydrogen (secondary N) is 2. The van der Waals surface area contributed by atoms with Gasteiger partial charge >= 0.3 is 0 Å². The van der Waals surface area contributed by atoms with Crippen molar-refractivity contribution < 1.29 is 8.42 Å². The van der Waals surface area contributed by atoms with Crippen molar-refractivity contribution in [1.29, 1.82) is 0 Å². The summed E-state index contributed by atoms with van der Waals surface area (Å²) in [6.45, 7) is 5.62. The van der Waals surface area contributed by atoms with Gasteiger partial charge in [0.05, 0.1) is 4.90 Å². The smallest absolute Gasteiger partial charge is 0.240 e. The second kappa shape index (κ2) is 7.08. The van der Waals surface area contributed by atoms with E-state index in [9.17, 15) is 8.42 Å². The average Bonchev–Trinajstić information content (AvgIpc) is 3.00. The van der Waals surface area contributed by atoms with Crippen LogP contribution in [0.4, 0.5) is 0 Å². The topological polar surface area (TPSA) is 61.4 Å². The standard InChI is InChI=1S/C16H25N3O2S/c20-22(21,16-6-5-14-3-1-4-15(14)13-16)18-7-2-10-19-11-8-17-9-12-19/h5-6,13,17-18H,1-4,7-12H2. The van der Waals surface area contributed by atoms with Crippen molar-refractivity contribution >= 4 is 10.0 Å². The molecule has 6 heteroatoms. The molecule has 0 spiro atoms. The molecule has 5 nitrogen and oxygen atoms in total. The van der Waals surface area contributed by atoms with Gasteiger partial charge in [0, 0.05) is 32.7 Å². The van der Waals surface area contributed by atoms with Crippen LogP contribution in [0.3, 0.4) is 0 Å². The van der Waals surface area contributed by atoms with E-state index in [1.807, 2.05) is 12.1 Å². The molecule has 1 aromatic rings. The number of nitrogens with zero attached hydrogens (tertiary/aromatic N) is 1. The highest BCUT2D eigenvalue weighted by Gasteiger charge is 2.18. The fourth-order valence-corrected chi connectivity index (χ4v) is 4.37. The highest BCUT2D eigenvalue weighted by molar-refractivity contribution is 7.89. The predicted octanol–water partition coefficient (Wildman–Crippen LogP) is 0.749. The van der Waals surface area contributed by atoms with Gasteiger partial charge in [-0.3, -0.25) is 0 Å². The summed E-state index contributed by atoms with van der Waals surface area (Å²) in [6, 6.07) is 5.56. The molecule has 0 amide bonds. The molecule has 0 aromatic heterocycles. The fraction of sp³-hybridized carbons (Fsp3) is 0.625. The second-order valence-electron chi connectivity index (χ2n) is 6.13. The van der Waals surface area contributed by atoms with E-state index in [1.165, 1.54) is 11.1 Å². The molecule has 2 N–H and O–H groups in total. The first-order valence-corrected chi connectivity index (χ1v) is 9.68. The summed E-state index contributed by atoms with van der Waals surface area (Å²) in [5.74, 6) is 0. The van der Waals surface area contributed by atoms with Gasteiger partial charge in [-0.15, -0.1) is 0 Å². The summed E-state index contributed by atoms with van der Waals surface area (Å²) in [4.78, 5) is 2.79. The van der Waals surface area contributed by atoms with E-state index in [0.717, 1.165) is 58.4 Å². The highest BCUT2D eigenvalue weighted by atomic mass is 32.2. The Hall–Kier alpha value is -0.950. The maximum absolute atomic E-state index is 12.3. The van der Waals surface area contributed by atoms with Gasteiger partial charge in [-0.1, -0.05) is 6.07 Å². The number of fused-ring (bicyclic) bond motifs is 1. The molecule has 1 aromatic carbocycles. The summed E-state index contributed by atoms with van der Waals surface area (Å²) < 4.78 is 27.4. The van der Waals surface area contributed by atoms with Gasteiger partial charge in [0.15, 0.2) is 0 Å². The van der Waals surface area contributed by atoms with E-state index < -0.39 is 10.0 Å². The van der Waals surface area contributed by atoms with Gasteiger partial charge in [-0.05, 0) is 55.5 Å². The van der Waals surface area contributed by atoms with Crippen molar-refractivity contribution in [3.05, 3.63) is 29.3 Å². The van der Waals surface area contributed by atoms with Gasteiger partial charge < -0.3 is 10.2 Å². The summed E-state index contributed by atoms with van der Waals surface area (Å²) in [6.07, 6.45) is 4.07. The van der Waals surface area contributed by atoms with E-state index in [2.05, 4.69) is 14.9 Å². The zero-order chi connectivity index (χ0) is 15.4. The van der Waals surface area contributed by atoms with Gasteiger partial charge in [0.25, 0.3) is 0 Å². The molecule has 1 aliphatic carbocycles. The third kappa shape index (κ3) is 3.87. The quantitative estimate of drug-likeness (QED) is 0.759. The Kier molecular flexibility index (Phi) is 5.13. The zero-order valence-electron chi connectivity index (χ0n) is 13.0. The van der Waals surface area contributed by atoms with Crippen LogP contribution in [-0.2, 0) is 22.9 Å². The van der Waals surface area contributed by atoms with E-state index >= 15 is 0 Å². The third-order valence-corrected chi connectivity index (χ3v) is 5.99. The van der Waals surface area contributed by atoms with Crippen LogP contribution in [0.25, 0.3) is 0 Å². The number of hydrogen-bond acceptors (Lipinski definition) is 4. The first-order valence-electron chi connectivity index (χ1n) is 8.20. The van der Waals surface area contributed by atoms with Crippen LogP contribution in [-0.4, -0.2) is 52.6 Å². The van der Waals surface area contributed by atoms with Crippen molar-refractivity contribution in [2.45, 2.75) is 30.6 Å². The minimum atomic E-state index is -3.37. The molecule has 0 bridgehead atoms. The summed E-state index contributed by atoms with van der Waals surface area (Å²) in [7, 11) is -3.37. The van der Waals surface area contributed by atoms with Crippen LogP contribution in [0.15, 0.2) is 23.1 Å². The van der Waals surface area contributed by atoms with Gasteiger partial charge in [0.1, 0.15) is 0 Å². The van der Waals surface area contributed by atoms with Crippen LogP contribution in [0.2, 0.25) is 0 Å². The van der Waals surface area contributed by atoms with Gasteiger partial charge in [-0.2, -0.15) is 0 Å². The lowest BCUT2D eigenvalue weighted by atomic mass is 10.1. The van der Waals surface area contributed by atoms with E-state index in [0.29, 0.717) is 11.4 Å². The molecule has 0 saturated carbocycles.